The first kappa shape index (κ1) is 15.7. The number of hydrogen-bond acceptors (Lipinski definition) is 4. The highest BCUT2D eigenvalue weighted by atomic mass is 32.2. The fourth-order valence-electron chi connectivity index (χ4n) is 1.97. The van der Waals surface area contributed by atoms with Gasteiger partial charge < -0.3 is 14.6 Å². The van der Waals surface area contributed by atoms with E-state index in [0.29, 0.717) is 17.3 Å². The van der Waals surface area contributed by atoms with Gasteiger partial charge >= 0.3 is 0 Å². The van der Waals surface area contributed by atoms with Gasteiger partial charge in [0.25, 0.3) is 0 Å². The van der Waals surface area contributed by atoms with Crippen molar-refractivity contribution >= 4 is 11.8 Å². The third-order valence-corrected chi connectivity index (χ3v) is 4.31. The smallest absolute Gasteiger partial charge is 0.161 e. The van der Waals surface area contributed by atoms with Gasteiger partial charge in [-0.3, -0.25) is 0 Å². The molecule has 4 heteroatoms. The van der Waals surface area contributed by atoms with E-state index >= 15 is 0 Å². The number of rotatable bonds is 6. The third kappa shape index (κ3) is 4.16. The summed E-state index contributed by atoms with van der Waals surface area (Å²) in [5.41, 5.74) is 2.06. The van der Waals surface area contributed by atoms with E-state index in [0.717, 1.165) is 10.5 Å². The Morgan fingerprint density at radius 1 is 1.00 bits per heavy atom. The van der Waals surface area contributed by atoms with E-state index in [1.807, 2.05) is 18.2 Å². The zero-order valence-corrected chi connectivity index (χ0v) is 13.3. The van der Waals surface area contributed by atoms with E-state index < -0.39 is 6.10 Å². The van der Waals surface area contributed by atoms with Crippen molar-refractivity contribution in [3.05, 3.63) is 53.6 Å². The molecule has 21 heavy (non-hydrogen) atoms. The summed E-state index contributed by atoms with van der Waals surface area (Å²) >= 11 is 1.63. The maximum Gasteiger partial charge on any atom is 0.161 e. The highest BCUT2D eigenvalue weighted by Gasteiger charge is 2.12. The van der Waals surface area contributed by atoms with Crippen LogP contribution in [0, 0.1) is 6.92 Å². The molecule has 2 aromatic rings. The Hall–Kier alpha value is -1.65. The summed E-state index contributed by atoms with van der Waals surface area (Å²) in [5, 5.41) is 10.3. The Balaban J connectivity index is 2.02. The number of hydrogen-bond donors (Lipinski definition) is 1. The van der Waals surface area contributed by atoms with Gasteiger partial charge in [-0.15, -0.1) is 11.8 Å². The maximum absolute atomic E-state index is 10.3. The molecule has 0 saturated carbocycles. The second-order valence-electron chi connectivity index (χ2n) is 4.75. The van der Waals surface area contributed by atoms with Crippen molar-refractivity contribution in [1.29, 1.82) is 0 Å². The van der Waals surface area contributed by atoms with Crippen molar-refractivity contribution in [1.82, 2.24) is 0 Å². The molecule has 3 nitrogen and oxygen atoms in total. The average Bonchev–Trinajstić information content (AvgIpc) is 2.53. The largest absolute Gasteiger partial charge is 0.493 e. The summed E-state index contributed by atoms with van der Waals surface area (Å²) in [6.07, 6.45) is -0.545. The van der Waals surface area contributed by atoms with Gasteiger partial charge in [-0.05, 0) is 36.8 Å². The fourth-order valence-corrected chi connectivity index (χ4v) is 2.84. The maximum atomic E-state index is 10.3. The van der Waals surface area contributed by atoms with E-state index in [9.17, 15) is 5.11 Å². The summed E-state index contributed by atoms with van der Waals surface area (Å²) < 4.78 is 10.5. The van der Waals surface area contributed by atoms with Gasteiger partial charge in [0, 0.05) is 10.6 Å². The van der Waals surface area contributed by atoms with Gasteiger partial charge in [0.05, 0.1) is 20.3 Å². The zero-order chi connectivity index (χ0) is 15.2. The van der Waals surface area contributed by atoms with Crippen LogP contribution in [0.3, 0.4) is 0 Å². The van der Waals surface area contributed by atoms with Crippen molar-refractivity contribution in [2.24, 2.45) is 0 Å². The number of thioether (sulfide) groups is 1. The van der Waals surface area contributed by atoms with Gasteiger partial charge in [0.2, 0.25) is 0 Å². The summed E-state index contributed by atoms with van der Waals surface area (Å²) in [7, 11) is 3.19. The van der Waals surface area contributed by atoms with E-state index in [4.69, 9.17) is 9.47 Å². The number of aliphatic hydroxyl groups excluding tert-OH is 1. The predicted molar refractivity (Wildman–Crippen MR) is 86.4 cm³/mol. The number of methoxy groups -OCH3 is 2. The highest BCUT2D eigenvalue weighted by molar-refractivity contribution is 7.99. The molecule has 0 bridgehead atoms. The molecule has 0 saturated heterocycles. The lowest BCUT2D eigenvalue weighted by molar-refractivity contribution is 0.203. The molecule has 2 rings (SSSR count). The second kappa shape index (κ2) is 7.38. The van der Waals surface area contributed by atoms with Crippen LogP contribution in [0.2, 0.25) is 0 Å². The third-order valence-electron chi connectivity index (χ3n) is 3.22. The predicted octanol–water partition coefficient (Wildman–Crippen LogP) is 3.84. The minimum atomic E-state index is -0.545. The molecule has 0 aliphatic carbocycles. The van der Waals surface area contributed by atoms with Crippen LogP contribution < -0.4 is 9.47 Å². The fraction of sp³-hybridized carbons (Fsp3) is 0.294. The molecule has 0 aliphatic heterocycles. The van der Waals surface area contributed by atoms with Crippen molar-refractivity contribution < 1.29 is 14.6 Å². The molecule has 1 N–H and O–H groups in total. The minimum absolute atomic E-state index is 0.545. The van der Waals surface area contributed by atoms with Crippen LogP contribution >= 0.6 is 11.8 Å². The van der Waals surface area contributed by atoms with Gasteiger partial charge in [0.15, 0.2) is 11.5 Å². The Morgan fingerprint density at radius 3 is 2.29 bits per heavy atom. The van der Waals surface area contributed by atoms with Crippen LogP contribution in [-0.2, 0) is 0 Å². The molecule has 0 fully saturated rings. The molecule has 0 heterocycles. The monoisotopic (exact) mass is 304 g/mol. The number of ether oxygens (including phenoxy) is 2. The summed E-state index contributed by atoms with van der Waals surface area (Å²) in [6.45, 7) is 2.06. The Bertz CT molecular complexity index is 581. The molecule has 0 spiro atoms. The van der Waals surface area contributed by atoms with E-state index in [-0.39, 0.29) is 0 Å². The number of aliphatic hydroxyl groups is 1. The molecule has 0 aliphatic rings. The molecular formula is C17H20O3S. The Morgan fingerprint density at radius 2 is 1.67 bits per heavy atom. The van der Waals surface area contributed by atoms with Crippen molar-refractivity contribution in [2.45, 2.75) is 17.9 Å². The van der Waals surface area contributed by atoms with Crippen molar-refractivity contribution in [3.8, 4) is 11.5 Å². The lowest BCUT2D eigenvalue weighted by Crippen LogP contribution is -2.01. The van der Waals surface area contributed by atoms with Crippen LogP contribution in [0.5, 0.6) is 11.5 Å². The zero-order valence-electron chi connectivity index (χ0n) is 12.5. The van der Waals surface area contributed by atoms with Crippen LogP contribution in [0.15, 0.2) is 47.4 Å². The van der Waals surface area contributed by atoms with Crippen LogP contribution in [0.1, 0.15) is 17.2 Å². The van der Waals surface area contributed by atoms with Gasteiger partial charge in [-0.2, -0.15) is 0 Å². The normalized spacial score (nSPS) is 12.0. The first-order valence-corrected chi connectivity index (χ1v) is 7.72. The molecule has 112 valence electrons. The standard InChI is InChI=1S/C17H20O3S/c1-12-4-7-14(8-5-12)21-11-15(18)13-6-9-16(19-2)17(10-13)20-3/h4-10,15,18H,11H2,1-3H3. The van der Waals surface area contributed by atoms with E-state index in [1.165, 1.54) is 5.56 Å². The van der Waals surface area contributed by atoms with Crippen LogP contribution in [-0.4, -0.2) is 25.1 Å². The quantitative estimate of drug-likeness (QED) is 0.823. The molecule has 0 radical (unpaired) electrons. The van der Waals surface area contributed by atoms with Gasteiger partial charge in [0.1, 0.15) is 0 Å². The molecule has 0 aromatic heterocycles. The first-order chi connectivity index (χ1) is 10.1. The average molecular weight is 304 g/mol. The lowest BCUT2D eigenvalue weighted by atomic mass is 10.1. The Kier molecular flexibility index (Phi) is 5.53. The second-order valence-corrected chi connectivity index (χ2v) is 5.85. The SMILES string of the molecule is COc1ccc(C(O)CSc2ccc(C)cc2)cc1OC. The number of benzene rings is 2. The Labute approximate surface area is 129 Å². The molecule has 0 amide bonds. The molecule has 1 atom stereocenters. The van der Waals surface area contributed by atoms with Gasteiger partial charge in [-0.25, -0.2) is 0 Å². The van der Waals surface area contributed by atoms with E-state index in [1.54, 1.807) is 26.0 Å². The van der Waals surface area contributed by atoms with Crippen molar-refractivity contribution in [3.63, 3.8) is 0 Å². The minimum Gasteiger partial charge on any atom is -0.493 e. The van der Waals surface area contributed by atoms with Crippen LogP contribution in [0.25, 0.3) is 0 Å². The molecule has 2 aromatic carbocycles. The number of aryl methyl sites for hydroxylation is 1. The topological polar surface area (TPSA) is 38.7 Å². The molecule has 1 unspecified atom stereocenters. The highest BCUT2D eigenvalue weighted by Crippen LogP contribution is 2.32. The van der Waals surface area contributed by atoms with Crippen molar-refractivity contribution in [2.75, 3.05) is 20.0 Å². The summed E-state index contributed by atoms with van der Waals surface area (Å²) in [5.74, 6) is 1.90. The van der Waals surface area contributed by atoms with Crippen LogP contribution in [0.4, 0.5) is 0 Å². The lowest BCUT2D eigenvalue weighted by Gasteiger charge is -2.14. The molecular weight excluding hydrogens is 284 g/mol. The summed E-state index contributed by atoms with van der Waals surface area (Å²) in [4.78, 5) is 1.15. The summed E-state index contributed by atoms with van der Waals surface area (Å²) in [6, 6.07) is 13.8. The van der Waals surface area contributed by atoms with E-state index in [2.05, 4.69) is 31.2 Å². The first-order valence-electron chi connectivity index (χ1n) is 6.73. The van der Waals surface area contributed by atoms with Gasteiger partial charge in [-0.1, -0.05) is 23.8 Å².